The Hall–Kier alpha value is -0.870. The molecule has 1 aromatic rings. The standard InChI is InChI=1S/C13H23N3O/c1-3-6-15-13(11-5-4-7-17-9-11)12-8-14-10-16(12)2/h8,10-11,13,15H,3-7,9H2,1-2H3. The van der Waals surface area contributed by atoms with Gasteiger partial charge in [-0.25, -0.2) is 4.98 Å². The highest BCUT2D eigenvalue weighted by atomic mass is 16.5. The minimum absolute atomic E-state index is 0.378. The van der Waals surface area contributed by atoms with E-state index in [2.05, 4.69) is 28.8 Å². The maximum atomic E-state index is 5.61. The molecule has 1 fully saturated rings. The fourth-order valence-corrected chi connectivity index (χ4v) is 2.51. The maximum absolute atomic E-state index is 5.61. The van der Waals surface area contributed by atoms with Crippen LogP contribution in [-0.4, -0.2) is 29.3 Å². The fraction of sp³-hybridized carbons (Fsp3) is 0.769. The first-order valence-corrected chi connectivity index (χ1v) is 6.60. The molecule has 4 heteroatoms. The van der Waals surface area contributed by atoms with Crippen LogP contribution in [0.4, 0.5) is 0 Å². The summed E-state index contributed by atoms with van der Waals surface area (Å²) in [6.45, 7) is 5.03. The minimum atomic E-state index is 0.378. The average Bonchev–Trinajstić information content (AvgIpc) is 2.78. The molecule has 96 valence electrons. The van der Waals surface area contributed by atoms with Crippen LogP contribution in [0, 0.1) is 5.92 Å². The third-order valence-electron chi connectivity index (χ3n) is 3.45. The summed E-state index contributed by atoms with van der Waals surface area (Å²) in [5, 5.41) is 3.64. The van der Waals surface area contributed by atoms with E-state index in [-0.39, 0.29) is 0 Å². The lowest BCUT2D eigenvalue weighted by molar-refractivity contribution is 0.0380. The van der Waals surface area contributed by atoms with E-state index in [1.54, 1.807) is 0 Å². The summed E-state index contributed by atoms with van der Waals surface area (Å²) in [6.07, 6.45) is 7.42. The van der Waals surface area contributed by atoms with Crippen LogP contribution in [0.25, 0.3) is 0 Å². The molecule has 4 nitrogen and oxygen atoms in total. The van der Waals surface area contributed by atoms with Gasteiger partial charge >= 0.3 is 0 Å². The number of nitrogens with zero attached hydrogens (tertiary/aromatic N) is 2. The van der Waals surface area contributed by atoms with Gasteiger partial charge < -0.3 is 14.6 Å². The predicted octanol–water partition coefficient (Wildman–Crippen LogP) is 1.89. The van der Waals surface area contributed by atoms with E-state index in [1.165, 1.54) is 18.5 Å². The van der Waals surface area contributed by atoms with Crippen molar-refractivity contribution in [3.63, 3.8) is 0 Å². The Morgan fingerprint density at radius 1 is 1.65 bits per heavy atom. The number of aryl methyl sites for hydroxylation is 1. The molecule has 0 saturated carbocycles. The summed E-state index contributed by atoms with van der Waals surface area (Å²) in [6, 6.07) is 0.378. The highest BCUT2D eigenvalue weighted by Crippen LogP contribution is 2.28. The first kappa shape index (κ1) is 12.6. The number of ether oxygens (including phenoxy) is 1. The second-order valence-electron chi connectivity index (χ2n) is 4.84. The molecule has 0 aliphatic carbocycles. The summed E-state index contributed by atoms with van der Waals surface area (Å²) in [5.74, 6) is 0.575. The molecule has 1 N–H and O–H groups in total. The van der Waals surface area contributed by atoms with Crippen LogP contribution in [-0.2, 0) is 11.8 Å². The van der Waals surface area contributed by atoms with Gasteiger partial charge in [0.15, 0.2) is 0 Å². The van der Waals surface area contributed by atoms with Gasteiger partial charge in [0.05, 0.1) is 24.7 Å². The van der Waals surface area contributed by atoms with Crippen molar-refractivity contribution in [3.8, 4) is 0 Å². The van der Waals surface area contributed by atoms with Crippen LogP contribution in [0.2, 0.25) is 0 Å². The fourth-order valence-electron chi connectivity index (χ4n) is 2.51. The van der Waals surface area contributed by atoms with E-state index in [9.17, 15) is 0 Å². The molecule has 0 aromatic carbocycles. The van der Waals surface area contributed by atoms with E-state index in [1.807, 2.05) is 12.5 Å². The molecule has 0 bridgehead atoms. The predicted molar refractivity (Wildman–Crippen MR) is 67.8 cm³/mol. The molecular weight excluding hydrogens is 214 g/mol. The average molecular weight is 237 g/mol. The van der Waals surface area contributed by atoms with E-state index in [0.717, 1.165) is 26.2 Å². The highest BCUT2D eigenvalue weighted by Gasteiger charge is 2.26. The van der Waals surface area contributed by atoms with Gasteiger partial charge in [-0.3, -0.25) is 0 Å². The molecule has 2 unspecified atom stereocenters. The van der Waals surface area contributed by atoms with Crippen LogP contribution in [0.15, 0.2) is 12.5 Å². The van der Waals surface area contributed by atoms with Crippen molar-refractivity contribution in [2.24, 2.45) is 13.0 Å². The largest absolute Gasteiger partial charge is 0.381 e. The molecule has 0 spiro atoms. The van der Waals surface area contributed by atoms with Gasteiger partial charge in [-0.2, -0.15) is 0 Å². The molecule has 1 aromatic heterocycles. The Bertz CT molecular complexity index is 331. The number of rotatable bonds is 5. The summed E-state index contributed by atoms with van der Waals surface area (Å²) in [5.41, 5.74) is 1.27. The Morgan fingerprint density at radius 3 is 3.12 bits per heavy atom. The second-order valence-corrected chi connectivity index (χ2v) is 4.84. The highest BCUT2D eigenvalue weighted by molar-refractivity contribution is 5.07. The van der Waals surface area contributed by atoms with E-state index in [0.29, 0.717) is 12.0 Å². The SMILES string of the molecule is CCCNC(c1cncn1C)C1CCCOC1. The molecule has 0 amide bonds. The summed E-state index contributed by atoms with van der Waals surface area (Å²) < 4.78 is 7.72. The first-order chi connectivity index (χ1) is 8.33. The van der Waals surface area contributed by atoms with Gasteiger partial charge in [0, 0.05) is 25.8 Å². The van der Waals surface area contributed by atoms with Gasteiger partial charge in [0.25, 0.3) is 0 Å². The zero-order chi connectivity index (χ0) is 12.1. The number of hydrogen-bond acceptors (Lipinski definition) is 3. The van der Waals surface area contributed by atoms with Crippen LogP contribution in [0.1, 0.15) is 37.9 Å². The summed E-state index contributed by atoms with van der Waals surface area (Å²) in [7, 11) is 2.06. The minimum Gasteiger partial charge on any atom is -0.381 e. The molecule has 1 aliphatic rings. The monoisotopic (exact) mass is 237 g/mol. The van der Waals surface area contributed by atoms with Crippen molar-refractivity contribution in [3.05, 3.63) is 18.2 Å². The molecule has 1 aliphatic heterocycles. The third kappa shape index (κ3) is 3.07. The van der Waals surface area contributed by atoms with Crippen LogP contribution in [0.5, 0.6) is 0 Å². The Morgan fingerprint density at radius 2 is 2.53 bits per heavy atom. The van der Waals surface area contributed by atoms with Gasteiger partial charge in [-0.1, -0.05) is 6.92 Å². The van der Waals surface area contributed by atoms with Gasteiger partial charge in [0.2, 0.25) is 0 Å². The van der Waals surface area contributed by atoms with Gasteiger partial charge in [-0.15, -0.1) is 0 Å². The summed E-state index contributed by atoms with van der Waals surface area (Å²) in [4.78, 5) is 4.23. The normalized spacial score (nSPS) is 22.6. The van der Waals surface area contributed by atoms with Gasteiger partial charge in [0.1, 0.15) is 0 Å². The van der Waals surface area contributed by atoms with E-state index in [4.69, 9.17) is 4.74 Å². The first-order valence-electron chi connectivity index (χ1n) is 6.60. The van der Waals surface area contributed by atoms with E-state index < -0.39 is 0 Å². The Balaban J connectivity index is 2.09. The van der Waals surface area contributed by atoms with E-state index >= 15 is 0 Å². The van der Waals surface area contributed by atoms with Crippen molar-refractivity contribution < 1.29 is 4.74 Å². The number of nitrogens with one attached hydrogen (secondary N) is 1. The molecule has 2 atom stereocenters. The van der Waals surface area contributed by atoms with Gasteiger partial charge in [-0.05, 0) is 25.8 Å². The molecule has 1 saturated heterocycles. The molecule has 2 heterocycles. The van der Waals surface area contributed by atoms with Crippen molar-refractivity contribution in [1.29, 1.82) is 0 Å². The smallest absolute Gasteiger partial charge is 0.0946 e. The zero-order valence-electron chi connectivity index (χ0n) is 10.9. The van der Waals surface area contributed by atoms with Crippen molar-refractivity contribution >= 4 is 0 Å². The Labute approximate surface area is 103 Å². The third-order valence-corrected chi connectivity index (χ3v) is 3.45. The molecular formula is C13H23N3O. The quantitative estimate of drug-likeness (QED) is 0.850. The number of aromatic nitrogens is 2. The van der Waals surface area contributed by atoms with Crippen LogP contribution in [0.3, 0.4) is 0 Å². The van der Waals surface area contributed by atoms with Crippen LogP contribution >= 0.6 is 0 Å². The molecule has 17 heavy (non-hydrogen) atoms. The maximum Gasteiger partial charge on any atom is 0.0946 e. The molecule has 0 radical (unpaired) electrons. The Kier molecular flexibility index (Phi) is 4.57. The molecule has 2 rings (SSSR count). The summed E-state index contributed by atoms with van der Waals surface area (Å²) >= 11 is 0. The van der Waals surface area contributed by atoms with Crippen LogP contribution < -0.4 is 5.32 Å². The lowest BCUT2D eigenvalue weighted by Crippen LogP contribution is -2.34. The second kappa shape index (κ2) is 6.17. The van der Waals surface area contributed by atoms with Crippen molar-refractivity contribution in [2.45, 2.75) is 32.2 Å². The lowest BCUT2D eigenvalue weighted by atomic mass is 9.91. The topological polar surface area (TPSA) is 39.1 Å². The number of imidazole rings is 1. The number of hydrogen-bond donors (Lipinski definition) is 1. The lowest BCUT2D eigenvalue weighted by Gasteiger charge is -2.31. The zero-order valence-corrected chi connectivity index (χ0v) is 10.9. The van der Waals surface area contributed by atoms with Crippen molar-refractivity contribution in [1.82, 2.24) is 14.9 Å². The van der Waals surface area contributed by atoms with Crippen molar-refractivity contribution in [2.75, 3.05) is 19.8 Å².